The van der Waals surface area contributed by atoms with Crippen molar-refractivity contribution in [1.29, 1.82) is 0 Å². The van der Waals surface area contributed by atoms with Crippen molar-refractivity contribution >= 4 is 15.5 Å². The van der Waals surface area contributed by atoms with Crippen LogP contribution in [0, 0.1) is 0 Å². The van der Waals surface area contributed by atoms with E-state index in [0.717, 1.165) is 16.9 Å². The van der Waals surface area contributed by atoms with E-state index in [1.54, 1.807) is 0 Å². The molecule has 1 aliphatic rings. The summed E-state index contributed by atoms with van der Waals surface area (Å²) in [6, 6.07) is 3.95. The van der Waals surface area contributed by atoms with Crippen molar-refractivity contribution in [1.82, 2.24) is 9.38 Å². The normalized spacial score (nSPS) is 19.8. The highest BCUT2D eigenvalue weighted by Crippen LogP contribution is 2.28. The van der Waals surface area contributed by atoms with E-state index in [4.69, 9.17) is 5.73 Å². The van der Waals surface area contributed by atoms with Gasteiger partial charge in [-0.3, -0.25) is 0 Å². The van der Waals surface area contributed by atoms with E-state index < -0.39 is 9.84 Å². The molecule has 1 aliphatic heterocycles. The summed E-state index contributed by atoms with van der Waals surface area (Å²) >= 11 is 0. The first-order valence-corrected chi connectivity index (χ1v) is 8.27. The number of rotatable bonds is 2. The minimum absolute atomic E-state index is 0.254. The van der Waals surface area contributed by atoms with E-state index in [0.29, 0.717) is 19.4 Å². The van der Waals surface area contributed by atoms with Crippen LogP contribution in [0.1, 0.15) is 30.0 Å². The van der Waals surface area contributed by atoms with Crippen molar-refractivity contribution in [2.24, 2.45) is 5.73 Å². The first-order valence-electron chi connectivity index (χ1n) is 6.45. The zero-order chi connectivity index (χ0) is 13.5. The van der Waals surface area contributed by atoms with Crippen LogP contribution >= 0.6 is 0 Å². The number of aromatic nitrogens is 2. The lowest BCUT2D eigenvalue weighted by Gasteiger charge is -2.19. The molecule has 3 rings (SSSR count). The van der Waals surface area contributed by atoms with Gasteiger partial charge in [-0.05, 0) is 30.5 Å². The van der Waals surface area contributed by atoms with E-state index >= 15 is 0 Å². The van der Waals surface area contributed by atoms with Gasteiger partial charge in [0.15, 0.2) is 0 Å². The maximum Gasteiger partial charge on any atom is 0.150 e. The molecule has 3 heterocycles. The molecule has 0 radical (unpaired) electrons. The van der Waals surface area contributed by atoms with Gasteiger partial charge in [0.05, 0.1) is 17.2 Å². The topological polar surface area (TPSA) is 77.5 Å². The second-order valence-electron chi connectivity index (χ2n) is 5.10. The van der Waals surface area contributed by atoms with E-state index in [1.165, 1.54) is 0 Å². The molecule has 0 amide bonds. The fraction of sp³-hybridized carbons (Fsp3) is 0.462. The molecule has 1 saturated heterocycles. The number of hydrogen-bond donors (Lipinski definition) is 1. The lowest BCUT2D eigenvalue weighted by Crippen LogP contribution is -2.22. The van der Waals surface area contributed by atoms with Crippen LogP contribution in [-0.2, 0) is 16.4 Å². The summed E-state index contributed by atoms with van der Waals surface area (Å²) in [5.41, 5.74) is 8.54. The average Bonchev–Trinajstić information content (AvgIpc) is 2.81. The molecule has 0 bridgehead atoms. The van der Waals surface area contributed by atoms with Crippen molar-refractivity contribution < 1.29 is 8.42 Å². The molecule has 1 fully saturated rings. The van der Waals surface area contributed by atoms with E-state index in [-0.39, 0.29) is 17.4 Å². The highest BCUT2D eigenvalue weighted by Gasteiger charge is 2.26. The molecule has 19 heavy (non-hydrogen) atoms. The Bertz CT molecular complexity index is 692. The third-order valence-corrected chi connectivity index (χ3v) is 5.47. The number of fused-ring (bicyclic) bond motifs is 1. The molecule has 102 valence electrons. The zero-order valence-electron chi connectivity index (χ0n) is 10.6. The lowest BCUT2D eigenvalue weighted by molar-refractivity contribution is 0.546. The smallest absolute Gasteiger partial charge is 0.150 e. The Kier molecular flexibility index (Phi) is 3.06. The number of hydrogen-bond acceptors (Lipinski definition) is 4. The summed E-state index contributed by atoms with van der Waals surface area (Å²) in [7, 11) is -2.82. The monoisotopic (exact) mass is 279 g/mol. The molecule has 2 aromatic rings. The zero-order valence-corrected chi connectivity index (χ0v) is 11.4. The van der Waals surface area contributed by atoms with Crippen LogP contribution in [0.4, 0.5) is 0 Å². The van der Waals surface area contributed by atoms with Gasteiger partial charge in [-0.2, -0.15) is 0 Å². The van der Waals surface area contributed by atoms with Crippen LogP contribution in [0.5, 0.6) is 0 Å². The molecule has 0 spiro atoms. The number of nitrogens with zero attached hydrogens (tertiary/aromatic N) is 2. The third kappa shape index (κ3) is 2.50. The van der Waals surface area contributed by atoms with Crippen LogP contribution in [0.3, 0.4) is 0 Å². The van der Waals surface area contributed by atoms with Crippen LogP contribution in [0.25, 0.3) is 5.65 Å². The first kappa shape index (κ1) is 12.6. The van der Waals surface area contributed by atoms with Crippen LogP contribution < -0.4 is 5.73 Å². The van der Waals surface area contributed by atoms with E-state index in [1.807, 2.05) is 28.9 Å². The van der Waals surface area contributed by atoms with Gasteiger partial charge in [-0.25, -0.2) is 13.4 Å². The van der Waals surface area contributed by atoms with Crippen LogP contribution in [0.2, 0.25) is 0 Å². The summed E-state index contributed by atoms with van der Waals surface area (Å²) in [6.07, 6.45) is 5.30. The van der Waals surface area contributed by atoms with Crippen molar-refractivity contribution in [3.05, 3.63) is 35.8 Å². The minimum atomic E-state index is -2.82. The number of nitrogens with two attached hydrogens (primary N) is 1. The standard InChI is InChI=1S/C13H17N3O2S/c14-8-10-1-4-16-9-12(15-13(16)7-10)11-2-5-19(17,18)6-3-11/h1,4,7,9,11H,2-3,5-6,8,14H2. The van der Waals surface area contributed by atoms with Gasteiger partial charge in [0.1, 0.15) is 15.5 Å². The molecule has 0 saturated carbocycles. The average molecular weight is 279 g/mol. The number of sulfone groups is 1. The summed E-state index contributed by atoms with van der Waals surface area (Å²) in [4.78, 5) is 4.61. The number of imidazole rings is 1. The summed E-state index contributed by atoms with van der Waals surface area (Å²) in [5, 5.41) is 0. The Morgan fingerprint density at radius 1 is 1.37 bits per heavy atom. The molecule has 5 nitrogen and oxygen atoms in total. The molecule has 6 heteroatoms. The molecule has 2 aromatic heterocycles. The molecule has 0 aromatic carbocycles. The Labute approximate surface area is 112 Å². The Balaban J connectivity index is 1.89. The first-order chi connectivity index (χ1) is 9.07. The Morgan fingerprint density at radius 2 is 2.11 bits per heavy atom. The highest BCUT2D eigenvalue weighted by atomic mass is 32.2. The molecular formula is C13H17N3O2S. The summed E-state index contributed by atoms with van der Waals surface area (Å²) in [5.74, 6) is 0.809. The predicted molar refractivity (Wildman–Crippen MR) is 73.7 cm³/mol. The third-order valence-electron chi connectivity index (χ3n) is 3.75. The maximum absolute atomic E-state index is 11.4. The molecule has 2 N–H and O–H groups in total. The van der Waals surface area contributed by atoms with Gasteiger partial charge in [0.2, 0.25) is 0 Å². The van der Waals surface area contributed by atoms with E-state index in [9.17, 15) is 8.42 Å². The summed E-state index contributed by atoms with van der Waals surface area (Å²) in [6.45, 7) is 0.500. The minimum Gasteiger partial charge on any atom is -0.326 e. The maximum atomic E-state index is 11.4. The highest BCUT2D eigenvalue weighted by molar-refractivity contribution is 7.91. The van der Waals surface area contributed by atoms with Gasteiger partial charge in [-0.15, -0.1) is 0 Å². The number of pyridine rings is 1. The predicted octanol–water partition coefficient (Wildman–Crippen LogP) is 1.09. The van der Waals surface area contributed by atoms with Gasteiger partial charge in [0.25, 0.3) is 0 Å². The van der Waals surface area contributed by atoms with Crippen molar-refractivity contribution in [3.8, 4) is 0 Å². The largest absolute Gasteiger partial charge is 0.326 e. The SMILES string of the molecule is NCc1ccn2cc(C3CCS(=O)(=O)CC3)nc2c1. The second-order valence-corrected chi connectivity index (χ2v) is 7.40. The van der Waals surface area contributed by atoms with Crippen LogP contribution in [0.15, 0.2) is 24.5 Å². The van der Waals surface area contributed by atoms with Gasteiger partial charge in [-0.1, -0.05) is 0 Å². The van der Waals surface area contributed by atoms with Crippen molar-refractivity contribution in [2.45, 2.75) is 25.3 Å². The summed E-state index contributed by atoms with van der Waals surface area (Å²) < 4.78 is 24.9. The molecule has 0 aliphatic carbocycles. The van der Waals surface area contributed by atoms with Crippen LogP contribution in [-0.4, -0.2) is 29.3 Å². The quantitative estimate of drug-likeness (QED) is 0.892. The van der Waals surface area contributed by atoms with Gasteiger partial charge in [0, 0.05) is 24.9 Å². The van der Waals surface area contributed by atoms with E-state index in [2.05, 4.69) is 4.98 Å². The Morgan fingerprint density at radius 3 is 2.79 bits per heavy atom. The van der Waals surface area contributed by atoms with Crippen molar-refractivity contribution in [2.75, 3.05) is 11.5 Å². The second kappa shape index (κ2) is 4.61. The van der Waals surface area contributed by atoms with Gasteiger partial charge >= 0.3 is 0 Å². The van der Waals surface area contributed by atoms with Crippen molar-refractivity contribution in [3.63, 3.8) is 0 Å². The molecule has 0 unspecified atom stereocenters. The van der Waals surface area contributed by atoms with Gasteiger partial charge < -0.3 is 10.1 Å². The fourth-order valence-corrected chi connectivity index (χ4v) is 4.04. The fourth-order valence-electron chi connectivity index (χ4n) is 2.55. The molecule has 0 atom stereocenters. The lowest BCUT2D eigenvalue weighted by atomic mass is 10.00. The molecular weight excluding hydrogens is 262 g/mol. The Hall–Kier alpha value is -1.40.